The first-order chi connectivity index (χ1) is 11.9. The number of rotatable bonds is 6. The van der Waals surface area contributed by atoms with E-state index in [1.54, 1.807) is 0 Å². The van der Waals surface area contributed by atoms with Gasteiger partial charge in [0.15, 0.2) is 0 Å². The van der Waals surface area contributed by atoms with Crippen LogP contribution in [0.25, 0.3) is 0 Å². The molecule has 2 aromatic rings. The van der Waals surface area contributed by atoms with E-state index in [0.29, 0.717) is 6.04 Å². The van der Waals surface area contributed by atoms with Crippen LogP contribution in [-0.4, -0.2) is 31.1 Å². The van der Waals surface area contributed by atoms with Gasteiger partial charge in [-0.15, -0.1) is 0 Å². The lowest BCUT2D eigenvalue weighted by molar-refractivity contribution is 0.0768. The van der Waals surface area contributed by atoms with Gasteiger partial charge in [0, 0.05) is 20.8 Å². The molecule has 5 heteroatoms. The van der Waals surface area contributed by atoms with Crippen molar-refractivity contribution in [3.8, 4) is 0 Å². The molecule has 25 heavy (non-hydrogen) atoms. The van der Waals surface area contributed by atoms with Crippen LogP contribution in [0.15, 0.2) is 48.5 Å². The third kappa shape index (κ3) is 5.08. The standard InChI is InChI=1S/C20H23ClINOSi/c1-25(2,13-15-6-5-7-16(21)12-15)14-23(17-10-11-17)20(24)18-8-3-4-9-19(18)22/h3-9,12,17H,10-11,13-14H2,1-2H3. The van der Waals surface area contributed by atoms with Crippen molar-refractivity contribution in [2.75, 3.05) is 6.17 Å². The first kappa shape index (κ1) is 18.9. The van der Waals surface area contributed by atoms with Crippen LogP contribution >= 0.6 is 34.2 Å². The third-order valence-corrected chi connectivity index (χ3v) is 8.26. The van der Waals surface area contributed by atoms with Crippen molar-refractivity contribution in [3.63, 3.8) is 0 Å². The largest absolute Gasteiger partial charge is 0.339 e. The normalized spacial score (nSPS) is 14.4. The fraction of sp³-hybridized carbons (Fsp3) is 0.350. The molecule has 1 amide bonds. The molecule has 1 saturated carbocycles. The molecule has 1 aliphatic carbocycles. The Hall–Kier alpha value is -0.853. The Morgan fingerprint density at radius 1 is 1.20 bits per heavy atom. The van der Waals surface area contributed by atoms with Crippen LogP contribution in [0.5, 0.6) is 0 Å². The minimum absolute atomic E-state index is 0.194. The van der Waals surface area contributed by atoms with Crippen molar-refractivity contribution in [3.05, 3.63) is 68.3 Å². The van der Waals surface area contributed by atoms with Crippen molar-refractivity contribution in [2.45, 2.75) is 38.0 Å². The summed E-state index contributed by atoms with van der Waals surface area (Å²) in [5, 5.41) is 0.788. The lowest BCUT2D eigenvalue weighted by Gasteiger charge is -2.32. The number of carbonyl (C=O) groups excluding carboxylic acids is 1. The maximum Gasteiger partial charge on any atom is 0.254 e. The summed E-state index contributed by atoms with van der Waals surface area (Å²) in [4.78, 5) is 15.3. The highest BCUT2D eigenvalue weighted by Crippen LogP contribution is 2.31. The highest BCUT2D eigenvalue weighted by atomic mass is 127. The van der Waals surface area contributed by atoms with Gasteiger partial charge in [-0.25, -0.2) is 0 Å². The van der Waals surface area contributed by atoms with E-state index in [2.05, 4.69) is 52.7 Å². The molecule has 0 bridgehead atoms. The van der Waals surface area contributed by atoms with Gasteiger partial charge in [0.2, 0.25) is 0 Å². The molecule has 2 aromatic carbocycles. The summed E-state index contributed by atoms with van der Waals surface area (Å²) in [5.74, 6) is 0.194. The summed E-state index contributed by atoms with van der Waals surface area (Å²) in [6.07, 6.45) is 3.17. The van der Waals surface area contributed by atoms with Gasteiger partial charge in [0.1, 0.15) is 0 Å². The van der Waals surface area contributed by atoms with E-state index >= 15 is 0 Å². The average Bonchev–Trinajstić information content (AvgIpc) is 3.37. The lowest BCUT2D eigenvalue weighted by atomic mass is 10.2. The lowest BCUT2D eigenvalue weighted by Crippen LogP contribution is -2.48. The molecular weight excluding hydrogens is 461 g/mol. The van der Waals surface area contributed by atoms with Crippen LogP contribution < -0.4 is 0 Å². The summed E-state index contributed by atoms with van der Waals surface area (Å²) >= 11 is 8.40. The van der Waals surface area contributed by atoms with E-state index in [-0.39, 0.29) is 5.91 Å². The Balaban J connectivity index is 1.77. The zero-order valence-corrected chi connectivity index (χ0v) is 18.5. The van der Waals surface area contributed by atoms with Crippen LogP contribution in [-0.2, 0) is 6.04 Å². The molecule has 0 N–H and O–H groups in total. The SMILES string of the molecule is C[Si](C)(Cc1cccc(Cl)c1)CN(C(=O)c1ccccc1I)C1CC1. The van der Waals surface area contributed by atoms with E-state index in [1.807, 2.05) is 36.4 Å². The van der Waals surface area contributed by atoms with Gasteiger partial charge in [0.25, 0.3) is 5.91 Å². The molecule has 0 spiro atoms. The molecule has 0 unspecified atom stereocenters. The topological polar surface area (TPSA) is 20.3 Å². The molecule has 0 heterocycles. The van der Waals surface area contributed by atoms with E-state index in [9.17, 15) is 4.79 Å². The highest BCUT2D eigenvalue weighted by molar-refractivity contribution is 14.1. The molecule has 0 radical (unpaired) electrons. The summed E-state index contributed by atoms with van der Waals surface area (Å²) in [7, 11) is -1.62. The van der Waals surface area contributed by atoms with Crippen LogP contribution in [0.3, 0.4) is 0 Å². The van der Waals surface area contributed by atoms with Gasteiger partial charge in [-0.3, -0.25) is 4.79 Å². The van der Waals surface area contributed by atoms with E-state index < -0.39 is 8.07 Å². The van der Waals surface area contributed by atoms with Crippen molar-refractivity contribution in [2.24, 2.45) is 0 Å². The van der Waals surface area contributed by atoms with Gasteiger partial charge < -0.3 is 4.90 Å². The first-order valence-electron chi connectivity index (χ1n) is 8.66. The zero-order chi connectivity index (χ0) is 18.0. The van der Waals surface area contributed by atoms with Gasteiger partial charge in [-0.2, -0.15) is 0 Å². The molecule has 3 rings (SSSR count). The molecule has 0 saturated heterocycles. The van der Waals surface area contributed by atoms with Crippen LogP contribution in [0, 0.1) is 3.57 Å². The zero-order valence-electron chi connectivity index (χ0n) is 14.6. The Morgan fingerprint density at radius 3 is 2.56 bits per heavy atom. The van der Waals surface area contributed by atoms with Gasteiger partial charge in [-0.05, 0) is 71.3 Å². The van der Waals surface area contributed by atoms with Crippen LogP contribution in [0.4, 0.5) is 0 Å². The minimum Gasteiger partial charge on any atom is -0.339 e. The monoisotopic (exact) mass is 483 g/mol. The Morgan fingerprint density at radius 2 is 1.92 bits per heavy atom. The maximum absolute atomic E-state index is 13.2. The molecule has 1 aliphatic rings. The number of hydrogen-bond donors (Lipinski definition) is 0. The molecule has 132 valence electrons. The average molecular weight is 484 g/mol. The Bertz CT molecular complexity index is 776. The van der Waals surface area contributed by atoms with Gasteiger partial charge in [0.05, 0.1) is 13.6 Å². The number of hydrogen-bond acceptors (Lipinski definition) is 1. The van der Waals surface area contributed by atoms with Gasteiger partial charge in [-0.1, -0.05) is 49.0 Å². The third-order valence-electron chi connectivity index (χ3n) is 4.52. The molecule has 1 fully saturated rings. The Kier molecular flexibility index (Phi) is 5.91. The summed E-state index contributed by atoms with van der Waals surface area (Å²) in [6.45, 7) is 4.74. The molecule has 0 atom stereocenters. The van der Waals surface area contributed by atoms with E-state index in [1.165, 1.54) is 5.56 Å². The fourth-order valence-corrected chi connectivity index (χ4v) is 6.85. The number of nitrogens with zero attached hydrogens (tertiary/aromatic N) is 1. The molecule has 0 aromatic heterocycles. The van der Waals surface area contributed by atoms with Crippen molar-refractivity contribution >= 4 is 48.2 Å². The molecule has 2 nitrogen and oxygen atoms in total. The van der Waals surface area contributed by atoms with E-state index in [4.69, 9.17) is 11.6 Å². The minimum atomic E-state index is -1.62. The van der Waals surface area contributed by atoms with Crippen molar-refractivity contribution in [1.29, 1.82) is 0 Å². The molecule has 0 aliphatic heterocycles. The van der Waals surface area contributed by atoms with Crippen molar-refractivity contribution in [1.82, 2.24) is 4.90 Å². The summed E-state index contributed by atoms with van der Waals surface area (Å²) < 4.78 is 1.03. The van der Waals surface area contributed by atoms with Gasteiger partial charge >= 0.3 is 0 Å². The summed E-state index contributed by atoms with van der Waals surface area (Å²) in [6, 6.07) is 17.5. The number of carbonyl (C=O) groups is 1. The second-order valence-corrected chi connectivity index (χ2v) is 14.2. The second-order valence-electron chi connectivity index (χ2n) is 7.61. The molecular formula is C20H23ClINOSi. The quantitative estimate of drug-likeness (QED) is 0.388. The maximum atomic E-state index is 13.2. The smallest absolute Gasteiger partial charge is 0.254 e. The number of amides is 1. The van der Waals surface area contributed by atoms with Crippen LogP contribution in [0.1, 0.15) is 28.8 Å². The number of benzene rings is 2. The predicted octanol–water partition coefficient (Wildman–Crippen LogP) is 5.58. The first-order valence-corrected chi connectivity index (χ1v) is 13.5. The predicted molar refractivity (Wildman–Crippen MR) is 116 cm³/mol. The fourth-order valence-electron chi connectivity index (χ4n) is 3.26. The number of halogens is 2. The second kappa shape index (κ2) is 7.80. The van der Waals surface area contributed by atoms with Crippen LogP contribution in [0.2, 0.25) is 18.1 Å². The highest BCUT2D eigenvalue weighted by Gasteiger charge is 2.37. The Labute approximate surface area is 169 Å². The van der Waals surface area contributed by atoms with E-state index in [0.717, 1.165) is 39.2 Å². The van der Waals surface area contributed by atoms with Crippen molar-refractivity contribution < 1.29 is 4.79 Å². The summed E-state index contributed by atoms with van der Waals surface area (Å²) in [5.41, 5.74) is 2.12.